The number of nitrogens with zero attached hydrogens (tertiary/aromatic N) is 3. The fraction of sp³-hybridized carbons (Fsp3) is 0.250. The summed E-state index contributed by atoms with van der Waals surface area (Å²) in [6, 6.07) is 14.0. The minimum absolute atomic E-state index is 0.107. The summed E-state index contributed by atoms with van der Waals surface area (Å²) in [7, 11) is 0. The topological polar surface area (TPSA) is 58.1 Å². The Kier molecular flexibility index (Phi) is 4.48. The first-order valence-corrected chi connectivity index (χ1v) is 8.76. The molecule has 0 spiro atoms. The van der Waals surface area contributed by atoms with E-state index >= 15 is 0 Å². The lowest BCUT2D eigenvalue weighted by atomic mass is 10.1. The van der Waals surface area contributed by atoms with Gasteiger partial charge in [-0.05, 0) is 18.9 Å². The zero-order valence-electron chi connectivity index (χ0n) is 14.3. The van der Waals surface area contributed by atoms with Gasteiger partial charge in [-0.3, -0.25) is 4.79 Å². The highest BCUT2D eigenvalue weighted by molar-refractivity contribution is 6.07. The van der Waals surface area contributed by atoms with E-state index < -0.39 is 0 Å². The molecule has 26 heavy (non-hydrogen) atoms. The molecule has 3 aromatic rings. The molecule has 1 N–H and O–H groups in total. The van der Waals surface area contributed by atoms with Gasteiger partial charge in [-0.2, -0.15) is 0 Å². The summed E-state index contributed by atoms with van der Waals surface area (Å²) in [6.07, 6.45) is 2.28. The Morgan fingerprint density at radius 2 is 1.69 bits per heavy atom. The van der Waals surface area contributed by atoms with E-state index in [0.29, 0.717) is 5.56 Å². The molecule has 1 amide bonds. The number of fused-ring (bicyclic) bond motifs is 1. The molecular formula is C20H19FN4O. The second-order valence-electron chi connectivity index (χ2n) is 6.39. The molecule has 0 saturated carbocycles. The Balaban J connectivity index is 1.63. The van der Waals surface area contributed by atoms with Gasteiger partial charge in [0.15, 0.2) is 11.5 Å². The highest BCUT2D eigenvalue weighted by Gasteiger charge is 2.20. The molecule has 0 bridgehead atoms. The Labute approximate surface area is 150 Å². The molecule has 4 rings (SSSR count). The Morgan fingerprint density at radius 3 is 2.46 bits per heavy atom. The predicted octanol–water partition coefficient (Wildman–Crippen LogP) is 3.30. The maximum absolute atomic E-state index is 13.7. The minimum Gasteiger partial charge on any atom is -0.355 e. The lowest BCUT2D eigenvalue weighted by Gasteiger charge is -2.18. The van der Waals surface area contributed by atoms with Gasteiger partial charge in [0.05, 0.1) is 0 Å². The highest BCUT2D eigenvalue weighted by atomic mass is 19.1. The van der Waals surface area contributed by atoms with Crippen LogP contribution in [0, 0.1) is 5.82 Å². The minimum atomic E-state index is -0.357. The van der Waals surface area contributed by atoms with E-state index in [2.05, 4.69) is 20.4 Å². The summed E-state index contributed by atoms with van der Waals surface area (Å²) < 4.78 is 13.7. The molecule has 1 fully saturated rings. The third-order valence-corrected chi connectivity index (χ3v) is 4.69. The number of anilines is 1. The van der Waals surface area contributed by atoms with Crippen molar-refractivity contribution in [3.63, 3.8) is 0 Å². The number of amides is 1. The number of hydrogen-bond donors (Lipinski definition) is 1. The standard InChI is InChI=1S/C20H19FN4O/c21-17-10-4-1-7-14(17)13-22-20(26)18-15-8-2-3-9-16(15)19(24-23-18)25-11-5-6-12-25/h1-4,7-10H,5-6,11-13H2,(H,22,26). The van der Waals surface area contributed by atoms with Crippen molar-refractivity contribution >= 4 is 22.5 Å². The zero-order valence-corrected chi connectivity index (χ0v) is 14.3. The maximum atomic E-state index is 13.7. The second-order valence-corrected chi connectivity index (χ2v) is 6.39. The van der Waals surface area contributed by atoms with Gasteiger partial charge in [-0.1, -0.05) is 42.5 Å². The summed E-state index contributed by atoms with van der Waals surface area (Å²) in [6.45, 7) is 2.02. The molecule has 1 aliphatic heterocycles. The Morgan fingerprint density at radius 1 is 1.00 bits per heavy atom. The predicted molar refractivity (Wildman–Crippen MR) is 98.6 cm³/mol. The van der Waals surface area contributed by atoms with Gasteiger partial charge in [0.2, 0.25) is 0 Å². The van der Waals surface area contributed by atoms with E-state index in [1.165, 1.54) is 6.07 Å². The fourth-order valence-corrected chi connectivity index (χ4v) is 3.32. The third-order valence-electron chi connectivity index (χ3n) is 4.69. The van der Waals surface area contributed by atoms with E-state index in [1.807, 2.05) is 24.3 Å². The molecule has 0 unspecified atom stereocenters. The molecule has 1 aromatic heterocycles. The average Bonchev–Trinajstić information content (AvgIpc) is 3.21. The molecule has 1 saturated heterocycles. The molecule has 0 radical (unpaired) electrons. The molecule has 6 heteroatoms. The first-order valence-electron chi connectivity index (χ1n) is 8.76. The van der Waals surface area contributed by atoms with Crippen molar-refractivity contribution in [1.82, 2.24) is 15.5 Å². The molecule has 5 nitrogen and oxygen atoms in total. The van der Waals surface area contributed by atoms with Crippen LogP contribution >= 0.6 is 0 Å². The van der Waals surface area contributed by atoms with Crippen LogP contribution in [0.1, 0.15) is 28.9 Å². The molecule has 1 aliphatic rings. The molecule has 132 valence electrons. The van der Waals surface area contributed by atoms with Crippen LogP contribution in [0.4, 0.5) is 10.2 Å². The van der Waals surface area contributed by atoms with Crippen molar-refractivity contribution in [2.24, 2.45) is 0 Å². The lowest BCUT2D eigenvalue weighted by molar-refractivity contribution is 0.0946. The normalized spacial score (nSPS) is 14.0. The first-order chi connectivity index (χ1) is 12.7. The molecular weight excluding hydrogens is 331 g/mol. The number of nitrogens with one attached hydrogen (secondary N) is 1. The van der Waals surface area contributed by atoms with Gasteiger partial charge in [-0.15, -0.1) is 10.2 Å². The lowest BCUT2D eigenvalue weighted by Crippen LogP contribution is -2.26. The van der Waals surface area contributed by atoms with Crippen molar-refractivity contribution < 1.29 is 9.18 Å². The largest absolute Gasteiger partial charge is 0.355 e. The number of aromatic nitrogens is 2. The maximum Gasteiger partial charge on any atom is 0.272 e. The van der Waals surface area contributed by atoms with Crippen LogP contribution in [0.5, 0.6) is 0 Å². The smallest absolute Gasteiger partial charge is 0.272 e. The fourth-order valence-electron chi connectivity index (χ4n) is 3.32. The molecule has 0 aliphatic carbocycles. The van der Waals surface area contributed by atoms with E-state index in [4.69, 9.17) is 0 Å². The van der Waals surface area contributed by atoms with Crippen LogP contribution < -0.4 is 10.2 Å². The summed E-state index contributed by atoms with van der Waals surface area (Å²) in [5.41, 5.74) is 0.701. The quantitative estimate of drug-likeness (QED) is 0.784. The number of carbonyl (C=O) groups excluding carboxylic acids is 1. The highest BCUT2D eigenvalue weighted by Crippen LogP contribution is 2.28. The van der Waals surface area contributed by atoms with E-state index in [1.54, 1.807) is 18.2 Å². The van der Waals surface area contributed by atoms with Crippen LogP contribution in [0.25, 0.3) is 10.8 Å². The summed E-state index contributed by atoms with van der Waals surface area (Å²) in [5.74, 6) is 0.127. The van der Waals surface area contributed by atoms with Gasteiger partial charge in [-0.25, -0.2) is 4.39 Å². The van der Waals surface area contributed by atoms with Gasteiger partial charge in [0, 0.05) is 36.0 Å². The zero-order chi connectivity index (χ0) is 17.9. The number of halogens is 1. The molecule has 0 atom stereocenters. The molecule has 2 aromatic carbocycles. The number of hydrogen-bond acceptors (Lipinski definition) is 4. The van der Waals surface area contributed by atoms with Crippen molar-refractivity contribution in [3.8, 4) is 0 Å². The van der Waals surface area contributed by atoms with Crippen LogP contribution in [0.3, 0.4) is 0 Å². The SMILES string of the molecule is O=C(NCc1ccccc1F)c1nnc(N2CCCC2)c2ccccc12. The first kappa shape index (κ1) is 16.4. The number of carbonyl (C=O) groups is 1. The van der Waals surface area contributed by atoms with Crippen LogP contribution in [-0.4, -0.2) is 29.2 Å². The monoisotopic (exact) mass is 350 g/mol. The van der Waals surface area contributed by atoms with Crippen LogP contribution in [0.15, 0.2) is 48.5 Å². The number of rotatable bonds is 4. The second kappa shape index (κ2) is 7.07. The third kappa shape index (κ3) is 3.10. The van der Waals surface area contributed by atoms with E-state index in [9.17, 15) is 9.18 Å². The van der Waals surface area contributed by atoms with Gasteiger partial charge < -0.3 is 10.2 Å². The number of benzene rings is 2. The van der Waals surface area contributed by atoms with Crippen LogP contribution in [0.2, 0.25) is 0 Å². The van der Waals surface area contributed by atoms with Crippen LogP contribution in [-0.2, 0) is 6.54 Å². The van der Waals surface area contributed by atoms with E-state index in [0.717, 1.165) is 42.5 Å². The van der Waals surface area contributed by atoms with E-state index in [-0.39, 0.29) is 24.0 Å². The van der Waals surface area contributed by atoms with Crippen molar-refractivity contribution in [2.75, 3.05) is 18.0 Å². The van der Waals surface area contributed by atoms with Gasteiger partial charge in [0.25, 0.3) is 5.91 Å². The van der Waals surface area contributed by atoms with Crippen molar-refractivity contribution in [1.29, 1.82) is 0 Å². The van der Waals surface area contributed by atoms with Gasteiger partial charge >= 0.3 is 0 Å². The summed E-state index contributed by atoms with van der Waals surface area (Å²) in [5, 5.41) is 12.9. The van der Waals surface area contributed by atoms with Crippen molar-refractivity contribution in [3.05, 3.63) is 65.6 Å². The Hall–Kier alpha value is -3.02. The average molecular weight is 350 g/mol. The van der Waals surface area contributed by atoms with Crippen molar-refractivity contribution in [2.45, 2.75) is 19.4 Å². The summed E-state index contributed by atoms with van der Waals surface area (Å²) in [4.78, 5) is 14.8. The molecule has 2 heterocycles. The Bertz CT molecular complexity index is 953. The summed E-state index contributed by atoms with van der Waals surface area (Å²) >= 11 is 0. The van der Waals surface area contributed by atoms with Gasteiger partial charge in [0.1, 0.15) is 5.82 Å².